The zero-order chi connectivity index (χ0) is 23.7. The number of halogens is 5. The van der Waals surface area contributed by atoms with Gasteiger partial charge in [-0.3, -0.25) is 4.79 Å². The molecule has 1 aromatic heterocycles. The number of nitrogens with one attached hydrogen (secondary N) is 1. The number of imidazole rings is 1. The molecule has 0 atom stereocenters. The van der Waals surface area contributed by atoms with Crippen molar-refractivity contribution in [3.8, 4) is 11.4 Å². The lowest BCUT2D eigenvalue weighted by molar-refractivity contribution is -0.137. The first-order valence-electron chi connectivity index (χ1n) is 8.82. The summed E-state index contributed by atoms with van der Waals surface area (Å²) in [4.78, 5) is 15.8. The Balaban J connectivity index is 1.87. The summed E-state index contributed by atoms with van der Waals surface area (Å²) < 4.78 is 72.5. The summed E-state index contributed by atoms with van der Waals surface area (Å²) in [5.41, 5.74) is -1.38. The van der Waals surface area contributed by atoms with Gasteiger partial charge < -0.3 is 9.30 Å². The van der Waals surface area contributed by atoms with Gasteiger partial charge in [0.1, 0.15) is 22.7 Å². The van der Waals surface area contributed by atoms with Gasteiger partial charge in [0.05, 0.1) is 17.2 Å². The third-order valence-electron chi connectivity index (χ3n) is 4.05. The van der Waals surface area contributed by atoms with E-state index >= 15 is 0 Å². The fourth-order valence-electron chi connectivity index (χ4n) is 2.64. The molecular weight excluding hydrogens is 494 g/mol. The van der Waals surface area contributed by atoms with Crippen LogP contribution in [0.15, 0.2) is 53.8 Å². The number of aromatic nitrogens is 2. The number of hydrogen-bond acceptors (Lipinski definition) is 5. The Bertz CT molecular complexity index is 1280. The molecule has 0 unspecified atom stereocenters. The number of carbonyl (C=O) groups excluding carboxylic acids is 1. The molecule has 0 aliphatic carbocycles. The van der Waals surface area contributed by atoms with Crippen molar-refractivity contribution in [3.05, 3.63) is 70.2 Å². The van der Waals surface area contributed by atoms with E-state index < -0.39 is 27.7 Å². The average Bonchev–Trinajstić information content (AvgIpc) is 3.18. The molecule has 1 amide bonds. The standard InChI is InChI=1S/C19H14Cl2F3N3O4S/c1-2-31-14-3-4-15(21)17(8-14)32(29,30)26-18(28)16-9-27(10-25-16)13-6-11(19(22,23)24)5-12(20)7-13/h3-10H,2H2,1H3,(H,26,28). The van der Waals surface area contributed by atoms with Crippen LogP contribution in [0.25, 0.3) is 5.69 Å². The number of ether oxygens (including phenoxy) is 1. The molecular formula is C19H14Cl2F3N3O4S. The van der Waals surface area contributed by atoms with E-state index in [0.29, 0.717) is 0 Å². The first-order valence-corrected chi connectivity index (χ1v) is 11.1. The second-order valence-electron chi connectivity index (χ2n) is 6.32. The Labute approximate surface area is 190 Å². The van der Waals surface area contributed by atoms with Crippen molar-refractivity contribution in [2.45, 2.75) is 18.0 Å². The molecule has 0 bridgehead atoms. The fourth-order valence-corrected chi connectivity index (χ4v) is 4.35. The van der Waals surface area contributed by atoms with Crippen LogP contribution in [-0.4, -0.2) is 30.5 Å². The Hall–Kier alpha value is -2.76. The number of alkyl halides is 3. The first-order chi connectivity index (χ1) is 14.9. The largest absolute Gasteiger partial charge is 0.494 e. The van der Waals surface area contributed by atoms with E-state index in [4.69, 9.17) is 27.9 Å². The molecule has 0 fully saturated rings. The van der Waals surface area contributed by atoms with Gasteiger partial charge in [-0.1, -0.05) is 23.2 Å². The lowest BCUT2D eigenvalue weighted by atomic mass is 10.2. The summed E-state index contributed by atoms with van der Waals surface area (Å²) in [7, 11) is -4.40. The highest BCUT2D eigenvalue weighted by molar-refractivity contribution is 7.90. The third-order valence-corrected chi connectivity index (χ3v) is 6.08. The van der Waals surface area contributed by atoms with Crippen molar-refractivity contribution in [2.24, 2.45) is 0 Å². The Morgan fingerprint density at radius 2 is 1.91 bits per heavy atom. The molecule has 32 heavy (non-hydrogen) atoms. The fraction of sp³-hybridized carbons (Fsp3) is 0.158. The minimum Gasteiger partial charge on any atom is -0.494 e. The predicted octanol–water partition coefficient (Wildman–Crippen LogP) is 4.72. The van der Waals surface area contributed by atoms with Crippen LogP contribution in [0.3, 0.4) is 0 Å². The van der Waals surface area contributed by atoms with Crippen LogP contribution >= 0.6 is 23.2 Å². The molecule has 7 nitrogen and oxygen atoms in total. The normalized spacial score (nSPS) is 11.9. The summed E-state index contributed by atoms with van der Waals surface area (Å²) in [5, 5.41) is -0.321. The molecule has 1 N–H and O–H groups in total. The Morgan fingerprint density at radius 1 is 1.19 bits per heavy atom. The molecule has 0 aliphatic heterocycles. The van der Waals surface area contributed by atoms with Gasteiger partial charge in [0.15, 0.2) is 0 Å². The minimum atomic E-state index is -4.64. The number of hydrogen-bond donors (Lipinski definition) is 1. The highest BCUT2D eigenvalue weighted by atomic mass is 35.5. The SMILES string of the molecule is CCOc1ccc(Cl)c(S(=O)(=O)NC(=O)c2cn(-c3cc(Cl)cc(C(F)(F)F)c3)cn2)c1. The number of carbonyl (C=O) groups is 1. The van der Waals surface area contributed by atoms with E-state index in [1.165, 1.54) is 18.2 Å². The van der Waals surface area contributed by atoms with Gasteiger partial charge in [-0.15, -0.1) is 0 Å². The van der Waals surface area contributed by atoms with Crippen LogP contribution in [0.1, 0.15) is 23.0 Å². The van der Waals surface area contributed by atoms with Crippen LogP contribution in [0, 0.1) is 0 Å². The average molecular weight is 508 g/mol. The lowest BCUT2D eigenvalue weighted by Gasteiger charge is -2.10. The smallest absolute Gasteiger partial charge is 0.416 e. The van der Waals surface area contributed by atoms with Crippen LogP contribution in [0.2, 0.25) is 10.0 Å². The molecule has 0 radical (unpaired) electrons. The van der Waals surface area contributed by atoms with Gasteiger partial charge in [0.25, 0.3) is 15.9 Å². The van der Waals surface area contributed by atoms with Crippen LogP contribution in [0.4, 0.5) is 13.2 Å². The molecule has 0 aliphatic rings. The maximum atomic E-state index is 13.0. The quantitative estimate of drug-likeness (QED) is 0.521. The number of rotatable bonds is 6. The highest BCUT2D eigenvalue weighted by Crippen LogP contribution is 2.33. The van der Waals surface area contributed by atoms with Gasteiger partial charge in [-0.05, 0) is 37.3 Å². The van der Waals surface area contributed by atoms with E-state index in [1.807, 2.05) is 4.72 Å². The molecule has 13 heteroatoms. The first kappa shape index (κ1) is 23.9. The van der Waals surface area contributed by atoms with Crippen molar-refractivity contribution in [3.63, 3.8) is 0 Å². The molecule has 0 saturated carbocycles. The van der Waals surface area contributed by atoms with Crippen molar-refractivity contribution < 1.29 is 31.1 Å². The van der Waals surface area contributed by atoms with Crippen LogP contribution in [0.5, 0.6) is 5.75 Å². The second-order valence-corrected chi connectivity index (χ2v) is 8.82. The zero-order valence-electron chi connectivity index (χ0n) is 16.2. The molecule has 170 valence electrons. The van der Waals surface area contributed by atoms with Crippen LogP contribution in [-0.2, 0) is 16.2 Å². The molecule has 3 aromatic rings. The van der Waals surface area contributed by atoms with Crippen molar-refractivity contribution in [2.75, 3.05) is 6.61 Å². The van der Waals surface area contributed by atoms with Crippen molar-refractivity contribution in [1.29, 1.82) is 0 Å². The Kier molecular flexibility index (Phi) is 6.72. The van der Waals surface area contributed by atoms with Crippen molar-refractivity contribution in [1.82, 2.24) is 14.3 Å². The molecule has 2 aromatic carbocycles. The summed E-state index contributed by atoms with van der Waals surface area (Å²) in [5.74, 6) is -0.880. The van der Waals surface area contributed by atoms with E-state index in [-0.39, 0.29) is 38.7 Å². The topological polar surface area (TPSA) is 90.3 Å². The minimum absolute atomic E-state index is 0.0216. The summed E-state index contributed by atoms with van der Waals surface area (Å²) in [6.45, 7) is 1.99. The maximum absolute atomic E-state index is 13.0. The lowest BCUT2D eigenvalue weighted by Crippen LogP contribution is -2.31. The van der Waals surface area contributed by atoms with Gasteiger partial charge in [0.2, 0.25) is 0 Å². The van der Waals surface area contributed by atoms with Gasteiger partial charge in [-0.25, -0.2) is 18.1 Å². The number of nitrogens with zero attached hydrogens (tertiary/aromatic N) is 2. The summed E-state index contributed by atoms with van der Waals surface area (Å²) in [6, 6.07) is 6.72. The summed E-state index contributed by atoms with van der Waals surface area (Å²) >= 11 is 11.7. The molecule has 0 spiro atoms. The monoisotopic (exact) mass is 507 g/mol. The molecule has 0 saturated heterocycles. The predicted molar refractivity (Wildman–Crippen MR) is 111 cm³/mol. The van der Waals surface area contributed by atoms with Crippen LogP contribution < -0.4 is 9.46 Å². The molecule has 3 rings (SSSR count). The zero-order valence-corrected chi connectivity index (χ0v) is 18.5. The van der Waals surface area contributed by atoms with E-state index in [9.17, 15) is 26.4 Å². The van der Waals surface area contributed by atoms with Crippen molar-refractivity contribution >= 4 is 39.1 Å². The molecule has 1 heterocycles. The maximum Gasteiger partial charge on any atom is 0.416 e. The third kappa shape index (κ3) is 5.34. The van der Waals surface area contributed by atoms with Gasteiger partial charge >= 0.3 is 6.18 Å². The van der Waals surface area contributed by atoms with E-state index in [0.717, 1.165) is 35.3 Å². The van der Waals surface area contributed by atoms with E-state index in [1.54, 1.807) is 6.92 Å². The van der Waals surface area contributed by atoms with Gasteiger partial charge in [0, 0.05) is 23.0 Å². The van der Waals surface area contributed by atoms with E-state index in [2.05, 4.69) is 4.98 Å². The number of sulfonamides is 1. The highest BCUT2D eigenvalue weighted by Gasteiger charge is 2.31. The van der Waals surface area contributed by atoms with Gasteiger partial charge in [-0.2, -0.15) is 13.2 Å². The Morgan fingerprint density at radius 3 is 2.56 bits per heavy atom. The number of amides is 1. The summed E-state index contributed by atoms with van der Waals surface area (Å²) in [6.07, 6.45) is -2.52. The number of benzene rings is 2. The second kappa shape index (κ2) is 9.00.